The van der Waals surface area contributed by atoms with E-state index in [9.17, 15) is 4.79 Å². The molecule has 0 saturated heterocycles. The molecular formula is C12H15NOS. The van der Waals surface area contributed by atoms with Crippen molar-refractivity contribution in [3.8, 4) is 6.07 Å². The van der Waals surface area contributed by atoms with Crippen LogP contribution in [0.5, 0.6) is 0 Å². The van der Waals surface area contributed by atoms with Crippen LogP contribution in [0.25, 0.3) is 0 Å². The summed E-state index contributed by atoms with van der Waals surface area (Å²) >= 11 is 1.69. The Labute approximate surface area is 94.5 Å². The van der Waals surface area contributed by atoms with Crippen LogP contribution >= 0.6 is 11.3 Å². The summed E-state index contributed by atoms with van der Waals surface area (Å²) in [6.07, 6.45) is 1.54. The molecule has 0 aliphatic rings. The molecule has 3 heteroatoms. The minimum absolute atomic E-state index is 0.0588. The fourth-order valence-electron chi connectivity index (χ4n) is 1.30. The van der Waals surface area contributed by atoms with E-state index < -0.39 is 5.41 Å². The minimum Gasteiger partial charge on any atom is -0.298 e. The van der Waals surface area contributed by atoms with Crippen LogP contribution in [0.2, 0.25) is 0 Å². The van der Waals surface area contributed by atoms with Crippen molar-refractivity contribution in [3.05, 3.63) is 21.9 Å². The molecule has 1 unspecified atom stereocenters. The van der Waals surface area contributed by atoms with Crippen LogP contribution in [-0.2, 0) is 17.6 Å². The van der Waals surface area contributed by atoms with Crippen LogP contribution in [0, 0.1) is 16.7 Å². The first-order chi connectivity index (χ1) is 7.01. The maximum absolute atomic E-state index is 11.4. The van der Waals surface area contributed by atoms with E-state index in [-0.39, 0.29) is 5.78 Å². The van der Waals surface area contributed by atoms with Crippen LogP contribution in [-0.4, -0.2) is 5.78 Å². The lowest BCUT2D eigenvalue weighted by Gasteiger charge is -2.16. The van der Waals surface area contributed by atoms with E-state index in [4.69, 9.17) is 5.26 Å². The lowest BCUT2D eigenvalue weighted by molar-refractivity contribution is -0.123. The van der Waals surface area contributed by atoms with Gasteiger partial charge in [-0.25, -0.2) is 0 Å². The molecular weight excluding hydrogens is 206 g/mol. The molecule has 0 saturated carbocycles. The predicted octanol–water partition coefficient (Wildman–Crippen LogP) is 2.97. The van der Waals surface area contributed by atoms with Crippen molar-refractivity contribution in [3.63, 3.8) is 0 Å². The molecule has 0 aliphatic carbocycles. The summed E-state index contributed by atoms with van der Waals surface area (Å²) in [5, 5.41) is 9.01. The van der Waals surface area contributed by atoms with Gasteiger partial charge in [0.25, 0.3) is 0 Å². The second-order valence-electron chi connectivity index (χ2n) is 3.90. The van der Waals surface area contributed by atoms with Crippen LogP contribution in [0.1, 0.15) is 30.5 Å². The van der Waals surface area contributed by atoms with Gasteiger partial charge < -0.3 is 0 Å². The van der Waals surface area contributed by atoms with Crippen molar-refractivity contribution in [1.29, 1.82) is 5.26 Å². The maximum atomic E-state index is 11.4. The molecule has 1 rings (SSSR count). The Morgan fingerprint density at radius 3 is 2.53 bits per heavy atom. The summed E-state index contributed by atoms with van der Waals surface area (Å²) in [5.41, 5.74) is -0.865. The van der Waals surface area contributed by atoms with Crippen LogP contribution < -0.4 is 0 Å². The first-order valence-electron chi connectivity index (χ1n) is 5.01. The maximum Gasteiger partial charge on any atom is 0.150 e. The fourth-order valence-corrected chi connectivity index (χ4v) is 2.41. The second kappa shape index (κ2) is 4.59. The Bertz CT molecular complexity index is 402. The highest BCUT2D eigenvalue weighted by atomic mass is 32.1. The molecule has 0 amide bonds. The zero-order valence-electron chi connectivity index (χ0n) is 9.33. The van der Waals surface area contributed by atoms with Crippen molar-refractivity contribution in [2.75, 3.05) is 0 Å². The molecule has 1 atom stereocenters. The third kappa shape index (κ3) is 2.66. The van der Waals surface area contributed by atoms with Gasteiger partial charge in [-0.15, -0.1) is 11.3 Å². The Hall–Kier alpha value is -1.14. The molecule has 80 valence electrons. The number of ketones is 1. The number of aryl methyl sites for hydroxylation is 1. The first kappa shape index (κ1) is 11.9. The lowest BCUT2D eigenvalue weighted by atomic mass is 9.84. The molecule has 2 nitrogen and oxygen atoms in total. The van der Waals surface area contributed by atoms with Gasteiger partial charge in [0, 0.05) is 16.2 Å². The smallest absolute Gasteiger partial charge is 0.150 e. The van der Waals surface area contributed by atoms with E-state index in [0.717, 1.165) is 11.3 Å². The summed E-state index contributed by atoms with van der Waals surface area (Å²) in [7, 11) is 0. The number of hydrogen-bond acceptors (Lipinski definition) is 3. The Balaban J connectivity index is 2.85. The van der Waals surface area contributed by atoms with E-state index in [2.05, 4.69) is 19.1 Å². The average molecular weight is 221 g/mol. The molecule has 0 radical (unpaired) electrons. The second-order valence-corrected chi connectivity index (χ2v) is 5.15. The van der Waals surface area contributed by atoms with Gasteiger partial charge in [0.15, 0.2) is 0 Å². The number of nitrogens with zero attached hydrogens (tertiary/aromatic N) is 1. The van der Waals surface area contributed by atoms with E-state index in [1.54, 1.807) is 18.3 Å². The third-order valence-corrected chi connectivity index (χ3v) is 3.85. The van der Waals surface area contributed by atoms with Crippen molar-refractivity contribution in [2.45, 2.75) is 33.6 Å². The molecule has 1 aromatic rings. The summed E-state index contributed by atoms with van der Waals surface area (Å²) in [5.74, 6) is -0.0588. The summed E-state index contributed by atoms with van der Waals surface area (Å²) in [4.78, 5) is 13.8. The number of nitriles is 1. The average Bonchev–Trinajstić information content (AvgIpc) is 2.65. The number of hydrogen-bond donors (Lipinski definition) is 0. The number of rotatable bonds is 4. The normalized spacial score (nSPS) is 14.3. The van der Waals surface area contributed by atoms with E-state index in [0.29, 0.717) is 6.42 Å². The molecule has 0 aliphatic heterocycles. The van der Waals surface area contributed by atoms with Crippen molar-refractivity contribution < 1.29 is 4.79 Å². The van der Waals surface area contributed by atoms with Gasteiger partial charge in [-0.3, -0.25) is 4.79 Å². The van der Waals surface area contributed by atoms with Crippen LogP contribution in [0.3, 0.4) is 0 Å². The Kier molecular flexibility index (Phi) is 3.65. The number of carbonyl (C=O) groups is 1. The standard InChI is InChI=1S/C12H15NOS/c1-4-10-5-6-11(15-10)7-12(3,8-13)9(2)14/h5-6H,4,7H2,1-3H3. The summed E-state index contributed by atoms with van der Waals surface area (Å²) in [6.45, 7) is 5.29. The highest BCUT2D eigenvalue weighted by molar-refractivity contribution is 7.12. The monoisotopic (exact) mass is 221 g/mol. The Morgan fingerprint density at radius 2 is 2.13 bits per heavy atom. The number of Topliss-reactive ketones (excluding diaryl/α,β-unsaturated/α-hetero) is 1. The summed E-state index contributed by atoms with van der Waals surface area (Å²) < 4.78 is 0. The molecule has 0 spiro atoms. The van der Waals surface area contributed by atoms with Crippen LogP contribution in [0.4, 0.5) is 0 Å². The SMILES string of the molecule is CCc1ccc(CC(C)(C#N)C(C)=O)s1. The molecule has 0 bridgehead atoms. The summed E-state index contributed by atoms with van der Waals surface area (Å²) in [6, 6.07) is 6.19. The van der Waals surface area contributed by atoms with Crippen molar-refractivity contribution in [2.24, 2.45) is 5.41 Å². The quantitative estimate of drug-likeness (QED) is 0.784. The zero-order valence-corrected chi connectivity index (χ0v) is 10.1. The van der Waals surface area contributed by atoms with E-state index in [1.165, 1.54) is 11.8 Å². The third-order valence-electron chi connectivity index (χ3n) is 2.62. The van der Waals surface area contributed by atoms with Crippen molar-refractivity contribution in [1.82, 2.24) is 0 Å². The molecule has 1 aromatic heterocycles. The van der Waals surface area contributed by atoms with Crippen LogP contribution in [0.15, 0.2) is 12.1 Å². The van der Waals surface area contributed by atoms with Gasteiger partial charge in [0.05, 0.1) is 6.07 Å². The zero-order chi connectivity index (χ0) is 11.5. The van der Waals surface area contributed by atoms with Gasteiger partial charge in [0.2, 0.25) is 0 Å². The number of carbonyl (C=O) groups excluding carboxylic acids is 1. The molecule has 0 fully saturated rings. The van der Waals surface area contributed by atoms with Crippen molar-refractivity contribution >= 4 is 17.1 Å². The van der Waals surface area contributed by atoms with Gasteiger partial charge in [-0.2, -0.15) is 5.26 Å². The van der Waals surface area contributed by atoms with Gasteiger partial charge in [-0.05, 0) is 32.4 Å². The first-order valence-corrected chi connectivity index (χ1v) is 5.83. The molecule has 1 heterocycles. The molecule has 0 N–H and O–H groups in total. The number of thiophene rings is 1. The predicted molar refractivity (Wildman–Crippen MR) is 61.8 cm³/mol. The highest BCUT2D eigenvalue weighted by Gasteiger charge is 2.30. The van der Waals surface area contributed by atoms with E-state index in [1.807, 2.05) is 6.07 Å². The lowest BCUT2D eigenvalue weighted by Crippen LogP contribution is -2.25. The van der Waals surface area contributed by atoms with Gasteiger partial charge in [0.1, 0.15) is 11.2 Å². The largest absolute Gasteiger partial charge is 0.298 e. The van der Waals surface area contributed by atoms with E-state index >= 15 is 0 Å². The topological polar surface area (TPSA) is 40.9 Å². The van der Waals surface area contributed by atoms with Gasteiger partial charge in [-0.1, -0.05) is 6.92 Å². The highest BCUT2D eigenvalue weighted by Crippen LogP contribution is 2.27. The fraction of sp³-hybridized carbons (Fsp3) is 0.500. The van der Waals surface area contributed by atoms with Gasteiger partial charge >= 0.3 is 0 Å². The Morgan fingerprint density at radius 1 is 1.53 bits per heavy atom. The molecule has 15 heavy (non-hydrogen) atoms. The minimum atomic E-state index is -0.865. The molecule has 0 aromatic carbocycles.